The fourth-order valence-electron chi connectivity index (χ4n) is 2.28. The first-order valence-electron chi connectivity index (χ1n) is 8.64. The molecule has 1 aromatic carbocycles. The molecule has 1 N–H and O–H groups in total. The van der Waals surface area contributed by atoms with Crippen LogP contribution in [0, 0.1) is 6.92 Å². The molecule has 0 atom stereocenters. The van der Waals surface area contributed by atoms with Crippen molar-refractivity contribution in [2.24, 2.45) is 0 Å². The highest BCUT2D eigenvalue weighted by atomic mass is 32.2. The highest BCUT2D eigenvalue weighted by molar-refractivity contribution is 8.18. The quantitative estimate of drug-likeness (QED) is 0.371. The van der Waals surface area contributed by atoms with Gasteiger partial charge in [-0.2, -0.15) is 0 Å². The van der Waals surface area contributed by atoms with Crippen molar-refractivity contribution in [3.05, 3.63) is 40.3 Å². The van der Waals surface area contributed by atoms with Crippen molar-refractivity contribution in [1.82, 2.24) is 10.2 Å². The van der Waals surface area contributed by atoms with Gasteiger partial charge in [0.1, 0.15) is 0 Å². The maximum atomic E-state index is 12.4. The normalized spacial score (nSPS) is 15.2. The Balaban J connectivity index is 1.76. The minimum absolute atomic E-state index is 0.122. The summed E-state index contributed by atoms with van der Waals surface area (Å²) < 4.78 is 4.51. The summed E-state index contributed by atoms with van der Waals surface area (Å²) in [5.41, 5.74) is 1.97. The zero-order chi connectivity index (χ0) is 20.5. The minimum Gasteiger partial charge on any atom is -0.468 e. The fraction of sp³-hybridized carbons (Fsp3) is 0.368. The van der Waals surface area contributed by atoms with Gasteiger partial charge in [-0.05, 0) is 30.3 Å². The first kappa shape index (κ1) is 22.0. The maximum Gasteiger partial charge on any atom is 0.315 e. The lowest BCUT2D eigenvalue weighted by Gasteiger charge is -2.12. The lowest BCUT2D eigenvalue weighted by atomic mass is 10.1. The number of imide groups is 1. The number of nitrogens with one attached hydrogen (secondary N) is 1. The molecule has 2 rings (SSSR count). The summed E-state index contributed by atoms with van der Waals surface area (Å²) in [5.74, 6) is -0.183. The van der Waals surface area contributed by atoms with Gasteiger partial charge in [0.15, 0.2) is 0 Å². The van der Waals surface area contributed by atoms with Crippen LogP contribution in [0.15, 0.2) is 29.2 Å². The number of ether oxygens (including phenoxy) is 1. The van der Waals surface area contributed by atoms with Crippen LogP contribution in [-0.2, 0) is 19.1 Å². The van der Waals surface area contributed by atoms with Crippen molar-refractivity contribution in [2.75, 3.05) is 31.7 Å². The van der Waals surface area contributed by atoms with E-state index in [0.717, 1.165) is 27.8 Å². The van der Waals surface area contributed by atoms with E-state index in [-0.39, 0.29) is 48.3 Å². The Kier molecular flexibility index (Phi) is 8.59. The number of thioether (sulfide) groups is 2. The second-order valence-electron chi connectivity index (χ2n) is 5.97. The Morgan fingerprint density at radius 1 is 1.25 bits per heavy atom. The van der Waals surface area contributed by atoms with E-state index in [2.05, 4.69) is 10.1 Å². The van der Waals surface area contributed by atoms with Gasteiger partial charge >= 0.3 is 5.97 Å². The monoisotopic (exact) mass is 422 g/mol. The summed E-state index contributed by atoms with van der Waals surface area (Å²) in [6, 6.07) is 7.66. The lowest BCUT2D eigenvalue weighted by Crippen LogP contribution is -2.37. The van der Waals surface area contributed by atoms with Gasteiger partial charge in [-0.25, -0.2) is 0 Å². The van der Waals surface area contributed by atoms with E-state index in [1.165, 1.54) is 18.9 Å². The third kappa shape index (κ3) is 6.72. The average molecular weight is 423 g/mol. The summed E-state index contributed by atoms with van der Waals surface area (Å²) in [6.45, 7) is 2.29. The molecule has 150 valence electrons. The molecule has 7 nitrogen and oxygen atoms in total. The molecule has 0 bridgehead atoms. The Labute approximate surface area is 172 Å². The number of aryl methyl sites for hydroxylation is 1. The molecule has 1 aromatic rings. The third-order valence-electron chi connectivity index (χ3n) is 3.83. The van der Waals surface area contributed by atoms with E-state index >= 15 is 0 Å². The molecular weight excluding hydrogens is 400 g/mol. The molecule has 1 fully saturated rings. The molecule has 0 radical (unpaired) electrons. The number of hydrogen-bond acceptors (Lipinski definition) is 7. The highest BCUT2D eigenvalue weighted by Crippen LogP contribution is 2.31. The van der Waals surface area contributed by atoms with Crippen molar-refractivity contribution in [2.45, 2.75) is 13.3 Å². The van der Waals surface area contributed by atoms with Crippen molar-refractivity contribution in [1.29, 1.82) is 0 Å². The van der Waals surface area contributed by atoms with E-state index < -0.39 is 0 Å². The van der Waals surface area contributed by atoms with Crippen LogP contribution in [0.5, 0.6) is 0 Å². The van der Waals surface area contributed by atoms with Crippen molar-refractivity contribution >= 4 is 52.6 Å². The fourth-order valence-corrected chi connectivity index (χ4v) is 3.91. The summed E-state index contributed by atoms with van der Waals surface area (Å²) in [5, 5.41) is 2.34. The zero-order valence-electron chi connectivity index (χ0n) is 15.7. The number of rotatable bonds is 9. The number of hydrogen-bond donors (Lipinski definition) is 1. The van der Waals surface area contributed by atoms with Gasteiger partial charge in [-0.15, -0.1) is 11.8 Å². The molecular formula is C19H22N2O5S2. The molecule has 1 aliphatic rings. The van der Waals surface area contributed by atoms with E-state index in [1.54, 1.807) is 6.08 Å². The van der Waals surface area contributed by atoms with Crippen molar-refractivity contribution in [3.63, 3.8) is 0 Å². The number of nitrogens with zero attached hydrogens (tertiary/aromatic N) is 1. The number of benzene rings is 1. The SMILES string of the molecule is COC(=O)CSCCC(=O)NCCN1C(=O)S/C(=C/c2ccc(C)cc2)C1=O. The van der Waals surface area contributed by atoms with Crippen LogP contribution in [-0.4, -0.2) is 59.6 Å². The van der Waals surface area contributed by atoms with E-state index in [4.69, 9.17) is 0 Å². The van der Waals surface area contributed by atoms with Gasteiger partial charge in [-0.3, -0.25) is 24.1 Å². The Hall–Kier alpha value is -2.26. The Morgan fingerprint density at radius 2 is 1.96 bits per heavy atom. The van der Waals surface area contributed by atoms with Crippen LogP contribution < -0.4 is 5.32 Å². The summed E-state index contributed by atoms with van der Waals surface area (Å²) in [4.78, 5) is 48.8. The first-order chi connectivity index (χ1) is 13.4. The number of methoxy groups -OCH3 is 1. The lowest BCUT2D eigenvalue weighted by molar-refractivity contribution is -0.137. The Morgan fingerprint density at radius 3 is 2.64 bits per heavy atom. The third-order valence-corrected chi connectivity index (χ3v) is 5.67. The maximum absolute atomic E-state index is 12.4. The molecule has 0 unspecified atom stereocenters. The number of amides is 3. The largest absolute Gasteiger partial charge is 0.468 e. The van der Waals surface area contributed by atoms with Crippen LogP contribution in [0.2, 0.25) is 0 Å². The van der Waals surface area contributed by atoms with E-state index in [0.29, 0.717) is 10.7 Å². The summed E-state index contributed by atoms with van der Waals surface area (Å²) in [6.07, 6.45) is 1.94. The van der Waals surface area contributed by atoms with E-state index in [1.807, 2.05) is 31.2 Å². The minimum atomic E-state index is -0.349. The first-order valence-corrected chi connectivity index (χ1v) is 10.6. The van der Waals surface area contributed by atoms with Gasteiger partial charge < -0.3 is 10.1 Å². The molecule has 0 aliphatic carbocycles. The number of esters is 1. The Bertz CT molecular complexity index is 777. The topological polar surface area (TPSA) is 92.8 Å². The highest BCUT2D eigenvalue weighted by Gasteiger charge is 2.34. The molecule has 28 heavy (non-hydrogen) atoms. The molecule has 0 spiro atoms. The smallest absolute Gasteiger partial charge is 0.315 e. The van der Waals surface area contributed by atoms with Crippen LogP contribution >= 0.6 is 23.5 Å². The molecule has 1 saturated heterocycles. The van der Waals surface area contributed by atoms with Crippen LogP contribution in [0.1, 0.15) is 17.5 Å². The zero-order valence-corrected chi connectivity index (χ0v) is 17.4. The van der Waals surface area contributed by atoms with Crippen molar-refractivity contribution < 1.29 is 23.9 Å². The molecule has 1 heterocycles. The molecule has 1 aliphatic heterocycles. The predicted octanol–water partition coefficient (Wildman–Crippen LogP) is 2.44. The average Bonchev–Trinajstić information content (AvgIpc) is 2.94. The number of carbonyl (C=O) groups is 4. The summed E-state index contributed by atoms with van der Waals surface area (Å²) >= 11 is 2.21. The number of carbonyl (C=O) groups excluding carboxylic acids is 4. The predicted molar refractivity (Wildman–Crippen MR) is 111 cm³/mol. The van der Waals surface area contributed by atoms with Gasteiger partial charge in [0.2, 0.25) is 5.91 Å². The molecule has 0 aromatic heterocycles. The van der Waals surface area contributed by atoms with Crippen LogP contribution in [0.3, 0.4) is 0 Å². The van der Waals surface area contributed by atoms with Gasteiger partial charge in [0.25, 0.3) is 11.1 Å². The van der Waals surface area contributed by atoms with E-state index in [9.17, 15) is 19.2 Å². The second-order valence-corrected chi connectivity index (χ2v) is 8.07. The molecule has 0 saturated carbocycles. The summed E-state index contributed by atoms with van der Waals surface area (Å²) in [7, 11) is 1.32. The van der Waals surface area contributed by atoms with Gasteiger partial charge in [-0.1, -0.05) is 29.8 Å². The van der Waals surface area contributed by atoms with Crippen molar-refractivity contribution in [3.8, 4) is 0 Å². The van der Waals surface area contributed by atoms with Gasteiger partial charge in [0.05, 0.1) is 17.8 Å². The van der Waals surface area contributed by atoms with Gasteiger partial charge in [0, 0.05) is 25.3 Å². The van der Waals surface area contributed by atoms with Crippen LogP contribution in [0.4, 0.5) is 4.79 Å². The second kappa shape index (κ2) is 10.9. The standard InChI is InChI=1S/C19H22N2O5S2/c1-13-3-5-14(6-4-13)11-15-18(24)21(19(25)28-15)9-8-20-16(22)7-10-27-12-17(23)26-2/h3-6,11H,7-10,12H2,1-2H3,(H,20,22)/b15-11+. The molecule has 9 heteroatoms. The van der Waals surface area contributed by atoms with Crippen LogP contribution in [0.25, 0.3) is 6.08 Å². The molecule has 3 amide bonds.